The molecule has 3 aliphatic heterocycles. The monoisotopic (exact) mass is 411 g/mol. The van der Waals surface area contributed by atoms with Gasteiger partial charge < -0.3 is 15.1 Å². The van der Waals surface area contributed by atoms with E-state index in [0.717, 1.165) is 44.6 Å². The summed E-state index contributed by atoms with van der Waals surface area (Å²) in [5.74, 6) is 1.21. The lowest BCUT2D eigenvalue weighted by molar-refractivity contribution is -0.136. The van der Waals surface area contributed by atoms with Crippen LogP contribution >= 0.6 is 24.0 Å². The molecule has 3 aliphatic rings. The molecule has 1 N–H and O–H groups in total. The van der Waals surface area contributed by atoms with Crippen LogP contribution in [0.3, 0.4) is 0 Å². The fraction of sp³-hybridized carbons (Fsp3) is 0.600. The van der Waals surface area contributed by atoms with Gasteiger partial charge in [-0.2, -0.15) is 0 Å². The average Bonchev–Trinajstić information content (AvgIpc) is 3.13. The number of nitrogens with zero attached hydrogens (tertiary/aromatic N) is 2. The van der Waals surface area contributed by atoms with Gasteiger partial charge in [0.1, 0.15) is 0 Å². The molecule has 0 spiro atoms. The molecule has 7 heteroatoms. The van der Waals surface area contributed by atoms with Crippen LogP contribution < -0.4 is 5.32 Å². The maximum absolute atomic E-state index is 13.3. The fourth-order valence-corrected chi connectivity index (χ4v) is 5.11. The van der Waals surface area contributed by atoms with Gasteiger partial charge in [0.2, 0.25) is 11.8 Å². The number of hydrogen-bond acceptors (Lipinski definition) is 3. The van der Waals surface area contributed by atoms with Crippen molar-refractivity contribution in [2.75, 3.05) is 33.2 Å². The third kappa shape index (κ3) is 3.96. The van der Waals surface area contributed by atoms with Crippen LogP contribution in [0.4, 0.5) is 0 Å². The van der Waals surface area contributed by atoms with Crippen molar-refractivity contribution in [3.8, 4) is 0 Å². The highest BCUT2D eigenvalue weighted by Gasteiger charge is 2.45. The molecule has 27 heavy (non-hydrogen) atoms. The summed E-state index contributed by atoms with van der Waals surface area (Å²) in [6.45, 7) is 3.75. The normalized spacial score (nSPS) is 30.7. The first-order valence-electron chi connectivity index (χ1n) is 9.55. The van der Waals surface area contributed by atoms with E-state index < -0.39 is 0 Å². The van der Waals surface area contributed by atoms with Gasteiger partial charge in [0.15, 0.2) is 0 Å². The molecule has 3 fully saturated rings. The first kappa shape index (κ1) is 20.4. The van der Waals surface area contributed by atoms with Crippen LogP contribution in [0, 0.1) is 17.8 Å². The first-order valence-corrected chi connectivity index (χ1v) is 9.93. The SMILES string of the molecule is CN1C(=O)CC(C(=O)N2CC[C@@H]3CNC[C@@H]3CC2)C1c1cccc(Cl)c1.Cl. The van der Waals surface area contributed by atoms with Crippen molar-refractivity contribution in [1.82, 2.24) is 15.1 Å². The maximum Gasteiger partial charge on any atom is 0.228 e. The number of amides is 2. The van der Waals surface area contributed by atoms with E-state index in [1.807, 2.05) is 29.2 Å². The Morgan fingerprint density at radius 2 is 1.85 bits per heavy atom. The van der Waals surface area contributed by atoms with Crippen molar-refractivity contribution < 1.29 is 9.59 Å². The van der Waals surface area contributed by atoms with Crippen molar-refractivity contribution in [3.63, 3.8) is 0 Å². The van der Waals surface area contributed by atoms with E-state index in [9.17, 15) is 9.59 Å². The topological polar surface area (TPSA) is 52.7 Å². The predicted molar refractivity (Wildman–Crippen MR) is 108 cm³/mol. The summed E-state index contributed by atoms with van der Waals surface area (Å²) < 4.78 is 0. The standard InChI is InChI=1S/C20H26ClN3O2.ClH/c1-23-18(25)10-17(19(23)13-3-2-4-16(21)9-13)20(26)24-7-5-14-11-22-12-15(14)6-8-24;/h2-4,9,14-15,17,19,22H,5-8,10-12H2,1H3;1H/t14-,15+,17?,19?;. The van der Waals surface area contributed by atoms with Crippen molar-refractivity contribution in [3.05, 3.63) is 34.9 Å². The Labute approximate surface area is 171 Å². The molecule has 0 bridgehead atoms. The van der Waals surface area contributed by atoms with Gasteiger partial charge in [0.05, 0.1) is 12.0 Å². The molecule has 4 rings (SSSR count). The van der Waals surface area contributed by atoms with Crippen LogP contribution in [0.1, 0.15) is 30.9 Å². The van der Waals surface area contributed by atoms with E-state index in [0.29, 0.717) is 16.9 Å². The number of fused-ring (bicyclic) bond motifs is 1. The second kappa shape index (κ2) is 8.38. The maximum atomic E-state index is 13.3. The lowest BCUT2D eigenvalue weighted by Crippen LogP contribution is -2.39. The van der Waals surface area contributed by atoms with Crippen LogP contribution in [0.2, 0.25) is 5.02 Å². The smallest absolute Gasteiger partial charge is 0.228 e. The zero-order chi connectivity index (χ0) is 18.3. The fourth-order valence-electron chi connectivity index (χ4n) is 4.91. The second-order valence-corrected chi connectivity index (χ2v) is 8.33. The molecule has 1 aromatic rings. The molecule has 2 amide bonds. The van der Waals surface area contributed by atoms with Crippen LogP contribution in [0.5, 0.6) is 0 Å². The van der Waals surface area contributed by atoms with E-state index in [1.54, 1.807) is 11.9 Å². The number of halogens is 2. The Morgan fingerprint density at radius 3 is 2.48 bits per heavy atom. The summed E-state index contributed by atoms with van der Waals surface area (Å²) >= 11 is 6.15. The number of likely N-dealkylation sites (tertiary alicyclic amines) is 2. The summed E-state index contributed by atoms with van der Waals surface area (Å²) in [6, 6.07) is 7.32. The van der Waals surface area contributed by atoms with Gasteiger partial charge in [0.25, 0.3) is 0 Å². The highest BCUT2D eigenvalue weighted by molar-refractivity contribution is 6.30. The molecular weight excluding hydrogens is 385 g/mol. The average molecular weight is 412 g/mol. The quantitative estimate of drug-likeness (QED) is 0.813. The zero-order valence-corrected chi connectivity index (χ0v) is 17.1. The Kier molecular flexibility index (Phi) is 6.34. The van der Waals surface area contributed by atoms with Crippen molar-refractivity contribution in [2.24, 2.45) is 17.8 Å². The minimum atomic E-state index is -0.318. The van der Waals surface area contributed by atoms with Crippen LogP contribution in [0.25, 0.3) is 0 Å². The molecule has 148 valence electrons. The molecular formula is C20H27Cl2N3O2. The van der Waals surface area contributed by atoms with Crippen LogP contribution in [-0.4, -0.2) is 54.8 Å². The molecule has 3 heterocycles. The lowest BCUT2D eigenvalue weighted by atomic mass is 9.92. The van der Waals surface area contributed by atoms with Gasteiger partial charge in [-0.1, -0.05) is 23.7 Å². The molecule has 2 unspecified atom stereocenters. The van der Waals surface area contributed by atoms with E-state index in [1.165, 1.54) is 0 Å². The molecule has 5 nitrogen and oxygen atoms in total. The molecule has 1 aromatic carbocycles. The van der Waals surface area contributed by atoms with Gasteiger partial charge in [-0.05, 0) is 55.5 Å². The van der Waals surface area contributed by atoms with Gasteiger partial charge in [0, 0.05) is 31.6 Å². The minimum Gasteiger partial charge on any atom is -0.342 e. The number of hydrogen-bond donors (Lipinski definition) is 1. The van der Waals surface area contributed by atoms with Gasteiger partial charge in [-0.25, -0.2) is 0 Å². The lowest BCUT2D eigenvalue weighted by Gasteiger charge is -2.29. The number of carbonyl (C=O) groups is 2. The predicted octanol–water partition coefficient (Wildman–Crippen LogP) is 2.74. The number of rotatable bonds is 2. The summed E-state index contributed by atoms with van der Waals surface area (Å²) in [7, 11) is 1.79. The third-order valence-electron chi connectivity index (χ3n) is 6.42. The van der Waals surface area contributed by atoms with Crippen molar-refractivity contribution in [2.45, 2.75) is 25.3 Å². The molecule has 0 aliphatic carbocycles. The molecule has 3 saturated heterocycles. The third-order valence-corrected chi connectivity index (χ3v) is 6.66. The highest BCUT2D eigenvalue weighted by Crippen LogP contribution is 2.39. The Hall–Kier alpha value is -1.30. The Balaban J connectivity index is 0.00000210. The summed E-state index contributed by atoms with van der Waals surface area (Å²) in [6.07, 6.45) is 2.40. The zero-order valence-electron chi connectivity index (χ0n) is 15.6. The Morgan fingerprint density at radius 1 is 1.19 bits per heavy atom. The number of benzene rings is 1. The molecule has 0 radical (unpaired) electrons. The molecule has 0 saturated carbocycles. The van der Waals surface area contributed by atoms with Gasteiger partial charge in [-0.3, -0.25) is 9.59 Å². The highest BCUT2D eigenvalue weighted by atomic mass is 35.5. The number of nitrogens with one attached hydrogen (secondary N) is 1. The molecule has 4 atom stereocenters. The van der Waals surface area contributed by atoms with Gasteiger partial charge in [-0.15, -0.1) is 12.4 Å². The van der Waals surface area contributed by atoms with E-state index in [-0.39, 0.29) is 42.6 Å². The summed E-state index contributed by atoms with van der Waals surface area (Å²) in [5.41, 5.74) is 0.945. The van der Waals surface area contributed by atoms with E-state index in [4.69, 9.17) is 11.6 Å². The first-order chi connectivity index (χ1) is 12.5. The van der Waals surface area contributed by atoms with Gasteiger partial charge >= 0.3 is 0 Å². The number of carbonyl (C=O) groups excluding carboxylic acids is 2. The summed E-state index contributed by atoms with van der Waals surface area (Å²) in [4.78, 5) is 29.4. The second-order valence-electron chi connectivity index (χ2n) is 7.90. The van der Waals surface area contributed by atoms with E-state index >= 15 is 0 Å². The van der Waals surface area contributed by atoms with Crippen LogP contribution in [-0.2, 0) is 9.59 Å². The largest absolute Gasteiger partial charge is 0.342 e. The van der Waals surface area contributed by atoms with Crippen molar-refractivity contribution in [1.29, 1.82) is 0 Å². The minimum absolute atomic E-state index is 0. The molecule has 0 aromatic heterocycles. The van der Waals surface area contributed by atoms with Crippen LogP contribution in [0.15, 0.2) is 24.3 Å². The van der Waals surface area contributed by atoms with Crippen molar-refractivity contribution >= 4 is 35.8 Å². The Bertz CT molecular complexity index is 700. The summed E-state index contributed by atoms with van der Waals surface area (Å²) in [5, 5.41) is 4.11. The van der Waals surface area contributed by atoms with E-state index in [2.05, 4.69) is 5.32 Å².